The van der Waals surface area contributed by atoms with Gasteiger partial charge in [-0.3, -0.25) is 9.48 Å². The van der Waals surface area contributed by atoms with E-state index in [2.05, 4.69) is 10.1 Å². The van der Waals surface area contributed by atoms with Crippen molar-refractivity contribution in [3.63, 3.8) is 0 Å². The monoisotopic (exact) mass is 302 g/mol. The minimum Gasteiger partial charge on any atom is -0.480 e. The maximum atomic E-state index is 12.7. The Bertz CT molecular complexity index is 781. The number of carboxylic acids is 1. The fourth-order valence-corrected chi connectivity index (χ4v) is 3.07. The summed E-state index contributed by atoms with van der Waals surface area (Å²) in [5.41, 5.74) is 2.58. The molecule has 1 aliphatic rings. The standard InChI is InChI=1S/C15H18N4O3/c1-8-11(7-10-9(2)17-18(3)13(10)16-8)14(20)19-6-4-5-12(19)15(21)22/h7,12H,4-6H2,1-3H3,(H,21,22)/t12-/m1/s1. The highest BCUT2D eigenvalue weighted by molar-refractivity contribution is 6.00. The molecule has 3 rings (SSSR count). The summed E-state index contributed by atoms with van der Waals surface area (Å²) >= 11 is 0. The van der Waals surface area contributed by atoms with Gasteiger partial charge < -0.3 is 10.0 Å². The lowest BCUT2D eigenvalue weighted by Gasteiger charge is -2.22. The third-order valence-corrected chi connectivity index (χ3v) is 4.22. The number of hydrogen-bond acceptors (Lipinski definition) is 4. The lowest BCUT2D eigenvalue weighted by atomic mass is 10.1. The lowest BCUT2D eigenvalue weighted by Crippen LogP contribution is -2.40. The van der Waals surface area contributed by atoms with E-state index < -0.39 is 12.0 Å². The number of fused-ring (bicyclic) bond motifs is 1. The summed E-state index contributed by atoms with van der Waals surface area (Å²) in [7, 11) is 1.81. The molecule has 116 valence electrons. The molecular weight excluding hydrogens is 284 g/mol. The molecule has 1 atom stereocenters. The van der Waals surface area contributed by atoms with Gasteiger partial charge in [-0.25, -0.2) is 9.78 Å². The number of amides is 1. The third-order valence-electron chi connectivity index (χ3n) is 4.22. The largest absolute Gasteiger partial charge is 0.480 e. The number of aryl methyl sites for hydroxylation is 3. The van der Waals surface area contributed by atoms with Crippen molar-refractivity contribution in [2.75, 3.05) is 6.54 Å². The first-order chi connectivity index (χ1) is 10.4. The first-order valence-corrected chi connectivity index (χ1v) is 7.25. The van der Waals surface area contributed by atoms with E-state index >= 15 is 0 Å². The molecule has 1 N–H and O–H groups in total. The number of rotatable bonds is 2. The van der Waals surface area contributed by atoms with Gasteiger partial charge in [0.1, 0.15) is 6.04 Å². The van der Waals surface area contributed by atoms with Crippen LogP contribution in [0, 0.1) is 13.8 Å². The molecule has 7 nitrogen and oxygen atoms in total. The number of hydrogen-bond donors (Lipinski definition) is 1. The van der Waals surface area contributed by atoms with Crippen molar-refractivity contribution in [1.82, 2.24) is 19.7 Å². The van der Waals surface area contributed by atoms with E-state index in [-0.39, 0.29) is 5.91 Å². The molecular formula is C15H18N4O3. The molecule has 1 amide bonds. The number of aliphatic carboxylic acids is 1. The molecule has 2 aromatic heterocycles. The lowest BCUT2D eigenvalue weighted by molar-refractivity contribution is -0.141. The van der Waals surface area contributed by atoms with E-state index in [9.17, 15) is 14.7 Å². The number of likely N-dealkylation sites (tertiary alicyclic amines) is 1. The van der Waals surface area contributed by atoms with Gasteiger partial charge in [-0.05, 0) is 32.8 Å². The van der Waals surface area contributed by atoms with Crippen molar-refractivity contribution in [3.8, 4) is 0 Å². The molecule has 0 spiro atoms. The highest BCUT2D eigenvalue weighted by Gasteiger charge is 2.35. The zero-order chi connectivity index (χ0) is 16.0. The number of carboxylic acid groups (broad SMARTS) is 1. The minimum atomic E-state index is -0.949. The van der Waals surface area contributed by atoms with E-state index in [1.165, 1.54) is 4.90 Å². The minimum absolute atomic E-state index is 0.264. The average Bonchev–Trinajstić information content (AvgIpc) is 3.04. The Hall–Kier alpha value is -2.44. The van der Waals surface area contributed by atoms with Gasteiger partial charge in [-0.1, -0.05) is 0 Å². The molecule has 1 aliphatic heterocycles. The molecule has 1 fully saturated rings. The van der Waals surface area contributed by atoms with Gasteiger partial charge in [0, 0.05) is 19.0 Å². The summed E-state index contributed by atoms with van der Waals surface area (Å²) in [6, 6.07) is 1.04. The quantitative estimate of drug-likeness (QED) is 0.902. The topological polar surface area (TPSA) is 88.3 Å². The van der Waals surface area contributed by atoms with Gasteiger partial charge in [0.15, 0.2) is 5.65 Å². The van der Waals surface area contributed by atoms with Crippen molar-refractivity contribution in [3.05, 3.63) is 23.0 Å². The predicted molar refractivity (Wildman–Crippen MR) is 79.7 cm³/mol. The first kappa shape index (κ1) is 14.5. The second kappa shape index (κ2) is 5.08. The molecule has 0 radical (unpaired) electrons. The molecule has 2 aromatic rings. The van der Waals surface area contributed by atoms with Crippen molar-refractivity contribution in [1.29, 1.82) is 0 Å². The second-order valence-electron chi connectivity index (χ2n) is 5.70. The fraction of sp³-hybridized carbons (Fsp3) is 0.467. The zero-order valence-corrected chi connectivity index (χ0v) is 12.8. The summed E-state index contributed by atoms with van der Waals surface area (Å²) in [5.74, 6) is -1.21. The van der Waals surface area contributed by atoms with E-state index in [4.69, 9.17) is 0 Å². The van der Waals surface area contributed by atoms with Gasteiger partial charge in [0.2, 0.25) is 0 Å². The predicted octanol–water partition coefficient (Wildman–Crippen LogP) is 1.27. The highest BCUT2D eigenvalue weighted by atomic mass is 16.4. The van der Waals surface area contributed by atoms with E-state index in [1.54, 1.807) is 17.7 Å². The average molecular weight is 302 g/mol. The van der Waals surface area contributed by atoms with Crippen LogP contribution < -0.4 is 0 Å². The summed E-state index contributed by atoms with van der Waals surface area (Å²) in [6.45, 7) is 4.10. The summed E-state index contributed by atoms with van der Waals surface area (Å²) in [4.78, 5) is 29.9. The van der Waals surface area contributed by atoms with Crippen LogP contribution in [0.4, 0.5) is 0 Å². The normalized spacial score (nSPS) is 18.1. The van der Waals surface area contributed by atoms with Gasteiger partial charge >= 0.3 is 5.97 Å². The molecule has 0 aliphatic carbocycles. The number of carbonyl (C=O) groups is 2. The smallest absolute Gasteiger partial charge is 0.326 e. The van der Waals surface area contributed by atoms with Crippen molar-refractivity contribution in [2.24, 2.45) is 7.05 Å². The Labute approximate surface area is 127 Å². The molecule has 0 aromatic carbocycles. The van der Waals surface area contributed by atoms with Crippen LogP contribution in [-0.4, -0.2) is 49.2 Å². The summed E-state index contributed by atoms with van der Waals surface area (Å²) in [6.07, 6.45) is 1.21. The number of aromatic nitrogens is 3. The maximum absolute atomic E-state index is 12.7. The van der Waals surface area contributed by atoms with Crippen LogP contribution in [0.1, 0.15) is 34.6 Å². The molecule has 22 heavy (non-hydrogen) atoms. The first-order valence-electron chi connectivity index (χ1n) is 7.25. The van der Waals surface area contributed by atoms with Crippen LogP contribution in [0.2, 0.25) is 0 Å². The Morgan fingerprint density at radius 2 is 2.05 bits per heavy atom. The zero-order valence-electron chi connectivity index (χ0n) is 12.8. The van der Waals surface area contributed by atoms with Crippen molar-refractivity contribution < 1.29 is 14.7 Å². The van der Waals surface area contributed by atoms with E-state index in [0.717, 1.165) is 16.7 Å². The Kier molecular flexibility index (Phi) is 3.35. The van der Waals surface area contributed by atoms with Crippen LogP contribution in [0.25, 0.3) is 11.0 Å². The summed E-state index contributed by atoms with van der Waals surface area (Å²) < 4.78 is 1.68. The third kappa shape index (κ3) is 2.13. The van der Waals surface area contributed by atoms with Crippen molar-refractivity contribution in [2.45, 2.75) is 32.7 Å². The van der Waals surface area contributed by atoms with Crippen molar-refractivity contribution >= 4 is 22.9 Å². The van der Waals surface area contributed by atoms with E-state index in [1.807, 2.05) is 14.0 Å². The molecule has 7 heteroatoms. The molecule has 0 saturated carbocycles. The summed E-state index contributed by atoms with van der Waals surface area (Å²) in [5, 5.41) is 14.4. The Morgan fingerprint density at radius 1 is 1.32 bits per heavy atom. The maximum Gasteiger partial charge on any atom is 0.326 e. The van der Waals surface area contributed by atoms with Crippen LogP contribution in [0.15, 0.2) is 6.07 Å². The number of nitrogens with zero attached hydrogens (tertiary/aromatic N) is 4. The fourth-order valence-electron chi connectivity index (χ4n) is 3.07. The van der Waals surface area contributed by atoms with Gasteiger partial charge in [-0.15, -0.1) is 0 Å². The second-order valence-corrected chi connectivity index (χ2v) is 5.70. The molecule has 0 bridgehead atoms. The molecule has 1 saturated heterocycles. The Morgan fingerprint density at radius 3 is 2.73 bits per heavy atom. The van der Waals surface area contributed by atoms with Gasteiger partial charge in [0.25, 0.3) is 5.91 Å². The van der Waals surface area contributed by atoms with Crippen LogP contribution >= 0.6 is 0 Å². The number of carbonyl (C=O) groups excluding carboxylic acids is 1. The Balaban J connectivity index is 2.06. The van der Waals surface area contributed by atoms with Crippen LogP contribution in [0.3, 0.4) is 0 Å². The molecule has 3 heterocycles. The van der Waals surface area contributed by atoms with Gasteiger partial charge in [0.05, 0.1) is 17.0 Å². The SMILES string of the molecule is Cc1nc2c(cc1C(=O)N1CCC[C@@H]1C(=O)O)c(C)nn2C. The van der Waals surface area contributed by atoms with Crippen LogP contribution in [-0.2, 0) is 11.8 Å². The number of pyridine rings is 1. The molecule has 0 unspecified atom stereocenters. The van der Waals surface area contributed by atoms with Crippen LogP contribution in [0.5, 0.6) is 0 Å². The van der Waals surface area contributed by atoms with E-state index in [0.29, 0.717) is 30.6 Å². The highest BCUT2D eigenvalue weighted by Crippen LogP contribution is 2.24. The van der Waals surface area contributed by atoms with Gasteiger partial charge in [-0.2, -0.15) is 5.10 Å².